The quantitative estimate of drug-likeness (QED) is 0.570. The number of nitrogens with one attached hydrogen (secondary N) is 1. The van der Waals surface area contributed by atoms with E-state index in [4.69, 9.17) is 5.84 Å². The summed E-state index contributed by atoms with van der Waals surface area (Å²) in [4.78, 5) is 0. The molecular weight excluding hydrogens is 188 g/mol. The Bertz CT molecular complexity index is 338. The lowest BCUT2D eigenvalue weighted by Crippen LogP contribution is -2.19. The van der Waals surface area contributed by atoms with Gasteiger partial charge in [-0.15, -0.1) is 0 Å². The predicted octanol–water partition coefficient (Wildman–Crippen LogP) is 1.54. The van der Waals surface area contributed by atoms with E-state index >= 15 is 0 Å². The molecule has 0 fully saturated rings. The van der Waals surface area contributed by atoms with Crippen molar-refractivity contribution in [3.63, 3.8) is 0 Å². The Kier molecular flexibility index (Phi) is 3.91. The van der Waals surface area contributed by atoms with Crippen molar-refractivity contribution in [2.24, 2.45) is 11.8 Å². The largest absolute Gasteiger partial charge is 0.323 e. The fourth-order valence-corrected chi connectivity index (χ4v) is 1.53. The highest BCUT2D eigenvalue weighted by molar-refractivity contribution is 5.57. The SMILES string of the molecule is C=C(NN)c1cc(CC(C)C)n(CC)n1. The van der Waals surface area contributed by atoms with E-state index in [2.05, 4.69) is 37.9 Å². The number of aromatic nitrogens is 2. The summed E-state index contributed by atoms with van der Waals surface area (Å²) in [6.45, 7) is 11.2. The van der Waals surface area contributed by atoms with E-state index in [1.807, 2.05) is 10.7 Å². The number of hydrogen-bond acceptors (Lipinski definition) is 3. The molecule has 4 nitrogen and oxygen atoms in total. The van der Waals surface area contributed by atoms with Crippen LogP contribution in [-0.4, -0.2) is 9.78 Å². The maximum absolute atomic E-state index is 5.31. The summed E-state index contributed by atoms with van der Waals surface area (Å²) >= 11 is 0. The molecule has 0 radical (unpaired) electrons. The van der Waals surface area contributed by atoms with Crippen LogP contribution >= 0.6 is 0 Å². The summed E-state index contributed by atoms with van der Waals surface area (Å²) in [7, 11) is 0. The minimum absolute atomic E-state index is 0.624. The van der Waals surface area contributed by atoms with Crippen LogP contribution in [-0.2, 0) is 13.0 Å². The maximum atomic E-state index is 5.31. The molecule has 3 N–H and O–H groups in total. The van der Waals surface area contributed by atoms with E-state index in [9.17, 15) is 0 Å². The standard InChI is InChI=1S/C11H20N4/c1-5-15-10(6-8(2)3)7-11(14-15)9(4)13-12/h7-8,13H,4-6,12H2,1-3H3. The zero-order chi connectivity index (χ0) is 11.4. The van der Waals surface area contributed by atoms with Gasteiger partial charge in [0.05, 0.1) is 5.70 Å². The van der Waals surface area contributed by atoms with E-state index < -0.39 is 0 Å². The lowest BCUT2D eigenvalue weighted by atomic mass is 10.1. The van der Waals surface area contributed by atoms with Crippen LogP contribution in [0, 0.1) is 5.92 Å². The number of rotatable bonds is 5. The van der Waals surface area contributed by atoms with Crippen LogP contribution in [0.2, 0.25) is 0 Å². The topological polar surface area (TPSA) is 55.9 Å². The molecular formula is C11H20N4. The predicted molar refractivity (Wildman–Crippen MR) is 62.8 cm³/mol. The summed E-state index contributed by atoms with van der Waals surface area (Å²) < 4.78 is 2.00. The molecule has 0 saturated heterocycles. The number of nitrogens with zero attached hydrogens (tertiary/aromatic N) is 2. The minimum Gasteiger partial charge on any atom is -0.323 e. The second-order valence-electron chi connectivity index (χ2n) is 4.06. The molecule has 1 aromatic heterocycles. The molecule has 1 heterocycles. The third-order valence-electron chi connectivity index (χ3n) is 2.26. The second-order valence-corrected chi connectivity index (χ2v) is 4.06. The summed E-state index contributed by atoms with van der Waals surface area (Å²) in [5.74, 6) is 5.93. The molecule has 0 amide bonds. The first kappa shape index (κ1) is 11.8. The zero-order valence-electron chi connectivity index (χ0n) is 9.75. The number of hydrogen-bond donors (Lipinski definition) is 2. The minimum atomic E-state index is 0.624. The van der Waals surface area contributed by atoms with E-state index in [1.54, 1.807) is 0 Å². The van der Waals surface area contributed by atoms with Crippen molar-refractivity contribution < 1.29 is 0 Å². The molecule has 84 valence electrons. The third-order valence-corrected chi connectivity index (χ3v) is 2.26. The van der Waals surface area contributed by atoms with Crippen molar-refractivity contribution in [1.82, 2.24) is 15.2 Å². The van der Waals surface area contributed by atoms with Gasteiger partial charge in [-0.05, 0) is 25.3 Å². The number of aryl methyl sites for hydroxylation is 1. The summed E-state index contributed by atoms with van der Waals surface area (Å²) in [5.41, 5.74) is 5.25. The van der Waals surface area contributed by atoms with Crippen LogP contribution in [0.25, 0.3) is 5.70 Å². The lowest BCUT2D eigenvalue weighted by Gasteiger charge is -2.06. The monoisotopic (exact) mass is 208 g/mol. The van der Waals surface area contributed by atoms with Crippen LogP contribution in [0.15, 0.2) is 12.6 Å². The molecule has 15 heavy (non-hydrogen) atoms. The third kappa shape index (κ3) is 2.83. The Morgan fingerprint density at radius 1 is 1.67 bits per heavy atom. The molecule has 0 spiro atoms. The average Bonchev–Trinajstić information content (AvgIpc) is 2.59. The number of hydrazine groups is 1. The van der Waals surface area contributed by atoms with Gasteiger partial charge in [0.1, 0.15) is 5.69 Å². The molecule has 0 bridgehead atoms. The first-order chi connectivity index (χ1) is 7.08. The van der Waals surface area contributed by atoms with Crippen LogP contribution in [0.4, 0.5) is 0 Å². The average molecular weight is 208 g/mol. The molecule has 0 aliphatic heterocycles. The normalized spacial score (nSPS) is 10.7. The van der Waals surface area contributed by atoms with Crippen molar-refractivity contribution >= 4 is 5.70 Å². The molecule has 4 heteroatoms. The molecule has 0 aromatic carbocycles. The highest BCUT2D eigenvalue weighted by Crippen LogP contribution is 2.14. The van der Waals surface area contributed by atoms with Gasteiger partial charge < -0.3 is 5.43 Å². The van der Waals surface area contributed by atoms with Gasteiger partial charge >= 0.3 is 0 Å². The van der Waals surface area contributed by atoms with Gasteiger partial charge in [-0.2, -0.15) is 5.10 Å². The fraction of sp³-hybridized carbons (Fsp3) is 0.545. The molecule has 0 unspecified atom stereocenters. The first-order valence-electron chi connectivity index (χ1n) is 5.31. The molecule has 0 aliphatic carbocycles. The second kappa shape index (κ2) is 4.98. The number of nitrogens with two attached hydrogens (primary N) is 1. The van der Waals surface area contributed by atoms with Crippen LogP contribution in [0.5, 0.6) is 0 Å². The van der Waals surface area contributed by atoms with E-state index in [1.165, 1.54) is 5.69 Å². The van der Waals surface area contributed by atoms with E-state index in [0.717, 1.165) is 18.7 Å². The Morgan fingerprint density at radius 3 is 2.80 bits per heavy atom. The Balaban J connectivity index is 2.94. The van der Waals surface area contributed by atoms with Gasteiger partial charge in [-0.1, -0.05) is 20.4 Å². The smallest absolute Gasteiger partial charge is 0.109 e. The lowest BCUT2D eigenvalue weighted by molar-refractivity contribution is 0.562. The van der Waals surface area contributed by atoms with Crippen molar-refractivity contribution in [1.29, 1.82) is 0 Å². The highest BCUT2D eigenvalue weighted by atomic mass is 15.3. The highest BCUT2D eigenvalue weighted by Gasteiger charge is 2.09. The summed E-state index contributed by atoms with van der Waals surface area (Å²) in [6.07, 6.45) is 1.03. The molecule has 1 rings (SSSR count). The van der Waals surface area contributed by atoms with Gasteiger partial charge in [-0.25, -0.2) is 0 Å². The van der Waals surface area contributed by atoms with Crippen molar-refractivity contribution in [3.8, 4) is 0 Å². The van der Waals surface area contributed by atoms with Crippen LogP contribution < -0.4 is 11.3 Å². The van der Waals surface area contributed by atoms with Gasteiger partial charge in [0.15, 0.2) is 0 Å². The molecule has 0 atom stereocenters. The van der Waals surface area contributed by atoms with E-state index in [-0.39, 0.29) is 0 Å². The molecule has 0 aliphatic rings. The first-order valence-corrected chi connectivity index (χ1v) is 5.31. The van der Waals surface area contributed by atoms with Gasteiger partial charge in [-0.3, -0.25) is 10.5 Å². The molecule has 1 aromatic rings. The van der Waals surface area contributed by atoms with Gasteiger partial charge in [0.25, 0.3) is 0 Å². The van der Waals surface area contributed by atoms with Crippen molar-refractivity contribution in [2.75, 3.05) is 0 Å². The summed E-state index contributed by atoms with van der Waals surface area (Å²) in [5, 5.41) is 4.43. The van der Waals surface area contributed by atoms with Crippen LogP contribution in [0.3, 0.4) is 0 Å². The zero-order valence-corrected chi connectivity index (χ0v) is 9.75. The Hall–Kier alpha value is -1.29. The molecule has 0 saturated carbocycles. The van der Waals surface area contributed by atoms with E-state index in [0.29, 0.717) is 11.6 Å². The van der Waals surface area contributed by atoms with Gasteiger partial charge in [0.2, 0.25) is 0 Å². The fourth-order valence-electron chi connectivity index (χ4n) is 1.53. The summed E-state index contributed by atoms with van der Waals surface area (Å²) in [6, 6.07) is 2.05. The van der Waals surface area contributed by atoms with Gasteiger partial charge in [0, 0.05) is 12.2 Å². The van der Waals surface area contributed by atoms with Crippen molar-refractivity contribution in [3.05, 3.63) is 24.0 Å². The maximum Gasteiger partial charge on any atom is 0.109 e. The van der Waals surface area contributed by atoms with Crippen LogP contribution in [0.1, 0.15) is 32.2 Å². The Morgan fingerprint density at radius 2 is 2.33 bits per heavy atom. The van der Waals surface area contributed by atoms with Crippen molar-refractivity contribution in [2.45, 2.75) is 33.7 Å². The Labute approximate surface area is 91.1 Å².